The predicted octanol–water partition coefficient (Wildman–Crippen LogP) is 4.85. The van der Waals surface area contributed by atoms with Gasteiger partial charge in [0.25, 0.3) is 0 Å². The summed E-state index contributed by atoms with van der Waals surface area (Å²) in [6.07, 6.45) is 13.4. The van der Waals surface area contributed by atoms with Gasteiger partial charge in [-0.05, 0) is 26.7 Å². The second-order valence-electron chi connectivity index (χ2n) is 5.98. The monoisotopic (exact) mass is 265 g/mol. The number of nitrogens with zero attached hydrogens (tertiary/aromatic N) is 3. The van der Waals surface area contributed by atoms with Crippen LogP contribution in [0.1, 0.15) is 84.4 Å². The molecule has 0 N–H and O–H groups in total. The number of unbranched alkanes of at least 4 members (excludes halogenated alkanes) is 5. The fourth-order valence-corrected chi connectivity index (χ4v) is 2.83. The third-order valence-electron chi connectivity index (χ3n) is 4.12. The summed E-state index contributed by atoms with van der Waals surface area (Å²) in [7, 11) is 0. The van der Waals surface area contributed by atoms with Crippen molar-refractivity contribution in [3.05, 3.63) is 12.2 Å². The summed E-state index contributed by atoms with van der Waals surface area (Å²) in [5, 5.41) is 4.46. The van der Waals surface area contributed by atoms with Gasteiger partial charge in [-0.2, -0.15) is 5.10 Å². The average molecular weight is 265 g/mol. The van der Waals surface area contributed by atoms with Crippen LogP contribution in [0.4, 0.5) is 0 Å². The molecule has 3 nitrogen and oxygen atoms in total. The molecule has 0 saturated heterocycles. The van der Waals surface area contributed by atoms with Crippen molar-refractivity contribution in [1.29, 1.82) is 0 Å². The first kappa shape index (κ1) is 16.2. The second-order valence-corrected chi connectivity index (χ2v) is 5.98. The molecule has 1 aromatic rings. The van der Waals surface area contributed by atoms with Gasteiger partial charge in [0.15, 0.2) is 0 Å². The summed E-state index contributed by atoms with van der Waals surface area (Å²) in [5.74, 6) is 1.05. The highest BCUT2D eigenvalue weighted by molar-refractivity contribution is 4.90. The van der Waals surface area contributed by atoms with Crippen LogP contribution >= 0.6 is 0 Å². The van der Waals surface area contributed by atoms with Gasteiger partial charge in [0.05, 0.1) is 5.54 Å². The molecule has 0 radical (unpaired) electrons. The highest BCUT2D eigenvalue weighted by atomic mass is 15.4. The lowest BCUT2D eigenvalue weighted by molar-refractivity contribution is 0.223. The Morgan fingerprint density at radius 2 is 1.63 bits per heavy atom. The fourth-order valence-electron chi connectivity index (χ4n) is 2.83. The molecule has 110 valence electrons. The van der Waals surface area contributed by atoms with Crippen LogP contribution < -0.4 is 0 Å². The molecular weight excluding hydrogens is 234 g/mol. The van der Waals surface area contributed by atoms with Crippen molar-refractivity contribution < 1.29 is 0 Å². The Kier molecular flexibility index (Phi) is 7.11. The summed E-state index contributed by atoms with van der Waals surface area (Å²) >= 11 is 0. The van der Waals surface area contributed by atoms with Crippen LogP contribution in [0.3, 0.4) is 0 Å². The molecule has 0 aliphatic carbocycles. The Balaban J connectivity index is 2.58. The van der Waals surface area contributed by atoms with Crippen molar-refractivity contribution in [2.75, 3.05) is 0 Å². The lowest BCUT2D eigenvalue weighted by atomic mass is 9.88. The number of aryl methyl sites for hydroxylation is 1. The molecule has 0 amide bonds. The van der Waals surface area contributed by atoms with Gasteiger partial charge in [-0.1, -0.05) is 58.8 Å². The van der Waals surface area contributed by atoms with E-state index in [2.05, 4.69) is 42.5 Å². The minimum Gasteiger partial charge on any atom is -0.245 e. The number of hydrogen-bond acceptors (Lipinski definition) is 2. The summed E-state index contributed by atoms with van der Waals surface area (Å²) in [5.41, 5.74) is 0.156. The van der Waals surface area contributed by atoms with E-state index in [0.717, 1.165) is 5.82 Å². The zero-order chi connectivity index (χ0) is 14.1. The maximum absolute atomic E-state index is 4.46. The van der Waals surface area contributed by atoms with Crippen LogP contribution in [0.25, 0.3) is 0 Å². The predicted molar refractivity (Wildman–Crippen MR) is 81.3 cm³/mol. The highest BCUT2D eigenvalue weighted by Crippen LogP contribution is 2.29. The Morgan fingerprint density at radius 1 is 1.00 bits per heavy atom. The van der Waals surface area contributed by atoms with Crippen LogP contribution in [0.5, 0.6) is 0 Å². The summed E-state index contributed by atoms with van der Waals surface area (Å²) in [4.78, 5) is 4.30. The molecule has 1 unspecified atom stereocenters. The van der Waals surface area contributed by atoms with Crippen molar-refractivity contribution in [2.45, 2.75) is 91.0 Å². The molecule has 0 aromatic carbocycles. The third kappa shape index (κ3) is 4.96. The van der Waals surface area contributed by atoms with E-state index < -0.39 is 0 Å². The number of rotatable bonds is 10. The Hall–Kier alpha value is -0.860. The molecule has 1 atom stereocenters. The smallest absolute Gasteiger partial charge is 0.138 e. The average Bonchev–Trinajstić information content (AvgIpc) is 2.83. The first-order valence-corrected chi connectivity index (χ1v) is 8.01. The molecule has 0 fully saturated rings. The summed E-state index contributed by atoms with van der Waals surface area (Å²) < 4.78 is 2.16. The lowest BCUT2D eigenvalue weighted by Gasteiger charge is -2.31. The molecule has 0 spiro atoms. The van der Waals surface area contributed by atoms with Crippen LogP contribution in [-0.4, -0.2) is 14.8 Å². The van der Waals surface area contributed by atoms with Crippen LogP contribution in [0.15, 0.2) is 6.33 Å². The van der Waals surface area contributed by atoms with Gasteiger partial charge in [-0.25, -0.2) is 9.67 Å². The van der Waals surface area contributed by atoms with Crippen molar-refractivity contribution in [3.8, 4) is 0 Å². The minimum absolute atomic E-state index is 0.156. The van der Waals surface area contributed by atoms with Gasteiger partial charge in [-0.15, -0.1) is 0 Å². The summed E-state index contributed by atoms with van der Waals surface area (Å²) in [6, 6.07) is 0. The molecule has 3 heteroatoms. The Labute approximate surface area is 118 Å². The van der Waals surface area contributed by atoms with Crippen LogP contribution in [0.2, 0.25) is 0 Å². The minimum atomic E-state index is 0.156. The van der Waals surface area contributed by atoms with Gasteiger partial charge in [0.1, 0.15) is 12.2 Å². The maximum atomic E-state index is 4.46. The van der Waals surface area contributed by atoms with Crippen LogP contribution in [-0.2, 0) is 5.54 Å². The molecule has 0 bridgehead atoms. The maximum Gasteiger partial charge on any atom is 0.138 e. The topological polar surface area (TPSA) is 30.7 Å². The first-order valence-electron chi connectivity index (χ1n) is 8.01. The number of hydrogen-bond donors (Lipinski definition) is 0. The van der Waals surface area contributed by atoms with E-state index in [0.29, 0.717) is 0 Å². The van der Waals surface area contributed by atoms with E-state index in [4.69, 9.17) is 0 Å². The van der Waals surface area contributed by atoms with Gasteiger partial charge in [-0.3, -0.25) is 0 Å². The fraction of sp³-hybridized carbons (Fsp3) is 0.875. The highest BCUT2D eigenvalue weighted by Gasteiger charge is 2.27. The van der Waals surface area contributed by atoms with Crippen molar-refractivity contribution in [1.82, 2.24) is 14.8 Å². The normalized spacial score (nSPS) is 14.5. The molecular formula is C16H31N3. The second kappa shape index (κ2) is 8.34. The zero-order valence-electron chi connectivity index (χ0n) is 13.3. The lowest BCUT2D eigenvalue weighted by Crippen LogP contribution is -2.32. The molecule has 0 aliphatic heterocycles. The van der Waals surface area contributed by atoms with Crippen molar-refractivity contribution >= 4 is 0 Å². The number of aromatic nitrogens is 3. The third-order valence-corrected chi connectivity index (χ3v) is 4.12. The molecule has 0 aliphatic rings. The molecule has 1 heterocycles. The van der Waals surface area contributed by atoms with Gasteiger partial charge < -0.3 is 0 Å². The van der Waals surface area contributed by atoms with E-state index in [1.54, 1.807) is 6.33 Å². The van der Waals surface area contributed by atoms with E-state index in [-0.39, 0.29) is 5.54 Å². The molecule has 0 saturated carbocycles. The molecule has 19 heavy (non-hydrogen) atoms. The van der Waals surface area contributed by atoms with Crippen molar-refractivity contribution in [2.24, 2.45) is 0 Å². The van der Waals surface area contributed by atoms with Gasteiger partial charge in [0.2, 0.25) is 0 Å². The largest absolute Gasteiger partial charge is 0.245 e. The van der Waals surface area contributed by atoms with Crippen molar-refractivity contribution in [3.63, 3.8) is 0 Å². The van der Waals surface area contributed by atoms with E-state index in [9.17, 15) is 0 Å². The quantitative estimate of drug-likeness (QED) is 0.566. The van der Waals surface area contributed by atoms with Crippen LogP contribution in [0, 0.1) is 6.92 Å². The molecule has 1 rings (SSSR count). The summed E-state index contributed by atoms with van der Waals surface area (Å²) in [6.45, 7) is 8.94. The van der Waals surface area contributed by atoms with E-state index in [1.165, 1.54) is 57.8 Å². The Morgan fingerprint density at radius 3 is 2.21 bits per heavy atom. The van der Waals surface area contributed by atoms with E-state index >= 15 is 0 Å². The van der Waals surface area contributed by atoms with Gasteiger partial charge >= 0.3 is 0 Å². The van der Waals surface area contributed by atoms with E-state index in [1.807, 2.05) is 0 Å². The first-order chi connectivity index (χ1) is 9.14. The SMILES string of the molecule is CCCCCCCC(C)(CCCC)n1ncnc1C. The molecule has 1 aromatic heterocycles. The Bertz CT molecular complexity index is 346. The van der Waals surface area contributed by atoms with Gasteiger partial charge in [0, 0.05) is 0 Å². The zero-order valence-corrected chi connectivity index (χ0v) is 13.3. The standard InChI is InChI=1S/C16H31N3/c1-5-7-9-10-11-13-16(4,12-8-6-2)19-15(3)17-14-18-19/h14H,5-13H2,1-4H3.